The Morgan fingerprint density at radius 2 is 2.00 bits per heavy atom. The average molecular weight is 270 g/mol. The number of rotatable bonds is 4. The van der Waals surface area contributed by atoms with Gasteiger partial charge >= 0.3 is 0 Å². The molecule has 2 aliphatic carbocycles. The Kier molecular flexibility index (Phi) is 3.54. The predicted molar refractivity (Wildman–Crippen MR) is 72.9 cm³/mol. The Hall–Kier alpha value is -0.840. The third-order valence-electron chi connectivity index (χ3n) is 5.03. The third kappa shape index (κ3) is 3.02. The molecule has 0 aromatic carbocycles. The van der Waals surface area contributed by atoms with Crippen molar-refractivity contribution < 1.29 is 9.92 Å². The van der Waals surface area contributed by atoms with E-state index >= 15 is 0 Å². The summed E-state index contributed by atoms with van der Waals surface area (Å²) < 4.78 is 0. The van der Waals surface area contributed by atoms with Crippen molar-refractivity contribution in [2.75, 3.05) is 13.2 Å². The number of nitrogens with zero attached hydrogens (tertiary/aromatic N) is 1. The molecule has 5 nitrogen and oxygen atoms in total. The van der Waals surface area contributed by atoms with E-state index in [2.05, 4.69) is 20.8 Å². The second-order valence-corrected chi connectivity index (χ2v) is 7.87. The maximum atomic E-state index is 10.5. The molecule has 0 heterocycles. The van der Waals surface area contributed by atoms with Crippen molar-refractivity contribution in [3.05, 3.63) is 10.1 Å². The van der Waals surface area contributed by atoms with E-state index in [1.165, 1.54) is 6.42 Å². The molecular formula is C14H26N2O3. The largest absolute Gasteiger partial charge is 0.330 e. The van der Waals surface area contributed by atoms with Crippen LogP contribution in [0.15, 0.2) is 0 Å². The minimum absolute atomic E-state index is 0.125. The minimum atomic E-state index is -0.671. The summed E-state index contributed by atoms with van der Waals surface area (Å²) in [5.74, 6) is 0.697. The molecule has 4 unspecified atom stereocenters. The smallest absolute Gasteiger partial charge is 0.294 e. The van der Waals surface area contributed by atoms with Crippen LogP contribution in [-0.4, -0.2) is 18.2 Å². The molecule has 0 aromatic heterocycles. The van der Waals surface area contributed by atoms with Crippen molar-refractivity contribution in [1.82, 2.24) is 0 Å². The Bertz CT molecular complexity index is 376. The van der Waals surface area contributed by atoms with Gasteiger partial charge in [0, 0.05) is 0 Å². The highest BCUT2D eigenvalue weighted by Gasteiger charge is 2.54. The van der Waals surface area contributed by atoms with E-state index in [0.717, 1.165) is 25.7 Å². The summed E-state index contributed by atoms with van der Waals surface area (Å²) in [7, 11) is 0. The van der Waals surface area contributed by atoms with Gasteiger partial charge in [-0.15, -0.1) is 10.1 Å². The molecule has 0 aromatic rings. The summed E-state index contributed by atoms with van der Waals surface area (Å²) in [5.41, 5.74) is 6.35. The summed E-state index contributed by atoms with van der Waals surface area (Å²) >= 11 is 0. The van der Waals surface area contributed by atoms with Crippen molar-refractivity contribution in [1.29, 1.82) is 0 Å². The molecule has 110 valence electrons. The molecule has 0 aliphatic heterocycles. The van der Waals surface area contributed by atoms with Crippen molar-refractivity contribution in [2.45, 2.75) is 52.9 Å². The second kappa shape index (κ2) is 4.62. The molecule has 0 radical (unpaired) electrons. The fraction of sp³-hybridized carbons (Fsp3) is 1.00. The summed E-state index contributed by atoms with van der Waals surface area (Å²) in [6.07, 6.45) is 5.45. The van der Waals surface area contributed by atoms with E-state index in [-0.39, 0.29) is 22.9 Å². The SMILES string of the molecule is CC1CC2(C)CC(C)(CO[N+](=O)[O-])CC(CN)(C1)C2. The van der Waals surface area contributed by atoms with Gasteiger partial charge in [-0.2, -0.15) is 0 Å². The molecule has 2 rings (SSSR count). The van der Waals surface area contributed by atoms with Gasteiger partial charge in [0.25, 0.3) is 5.09 Å². The first-order chi connectivity index (χ1) is 8.70. The van der Waals surface area contributed by atoms with Gasteiger partial charge in [-0.05, 0) is 60.8 Å². The van der Waals surface area contributed by atoms with Crippen LogP contribution in [0.3, 0.4) is 0 Å². The lowest BCUT2D eigenvalue weighted by atomic mass is 9.47. The van der Waals surface area contributed by atoms with Crippen molar-refractivity contribution in [2.24, 2.45) is 27.9 Å². The monoisotopic (exact) mass is 270 g/mol. The van der Waals surface area contributed by atoms with Crippen LogP contribution >= 0.6 is 0 Å². The number of hydrogen-bond acceptors (Lipinski definition) is 4. The summed E-state index contributed by atoms with van der Waals surface area (Å²) in [6.45, 7) is 7.62. The third-order valence-corrected chi connectivity index (χ3v) is 5.03. The van der Waals surface area contributed by atoms with Gasteiger partial charge in [-0.1, -0.05) is 20.8 Å². The Labute approximate surface area is 115 Å². The zero-order chi connectivity index (χ0) is 14.3. The lowest BCUT2D eigenvalue weighted by Gasteiger charge is -2.58. The lowest BCUT2D eigenvalue weighted by Crippen LogP contribution is -2.53. The van der Waals surface area contributed by atoms with Crippen molar-refractivity contribution in [3.8, 4) is 0 Å². The standard InChI is InChI=1S/C14H26N2O3/c1-11-4-12(2)6-13(3,10-19-16(17)18)8-14(5-11,7-12)9-15/h11H,4-10,15H2,1-3H3. The average Bonchev–Trinajstić information content (AvgIpc) is 2.23. The Balaban J connectivity index is 2.20. The highest BCUT2D eigenvalue weighted by molar-refractivity contribution is 5.04. The van der Waals surface area contributed by atoms with Gasteiger partial charge in [0.2, 0.25) is 0 Å². The van der Waals surface area contributed by atoms with Gasteiger partial charge in [0.1, 0.15) is 6.61 Å². The van der Waals surface area contributed by atoms with Crippen LogP contribution in [0.4, 0.5) is 0 Å². The first kappa shape index (κ1) is 14.6. The predicted octanol–water partition coefficient (Wildman–Crippen LogP) is 2.77. The van der Waals surface area contributed by atoms with Crippen molar-refractivity contribution >= 4 is 0 Å². The highest BCUT2D eigenvalue weighted by Crippen LogP contribution is 2.62. The quantitative estimate of drug-likeness (QED) is 0.629. The van der Waals surface area contributed by atoms with E-state index in [4.69, 9.17) is 10.6 Å². The fourth-order valence-corrected chi connectivity index (χ4v) is 5.51. The van der Waals surface area contributed by atoms with Crippen LogP contribution < -0.4 is 5.73 Å². The summed E-state index contributed by atoms with van der Waals surface area (Å²) in [5, 5.41) is 9.80. The maximum absolute atomic E-state index is 10.5. The van der Waals surface area contributed by atoms with Crippen molar-refractivity contribution in [3.63, 3.8) is 0 Å². The van der Waals surface area contributed by atoms with Gasteiger partial charge in [-0.3, -0.25) is 0 Å². The molecule has 0 amide bonds. The lowest BCUT2D eigenvalue weighted by molar-refractivity contribution is -0.761. The minimum Gasteiger partial charge on any atom is -0.330 e. The molecule has 2 bridgehead atoms. The van der Waals surface area contributed by atoms with E-state index in [0.29, 0.717) is 12.5 Å². The van der Waals surface area contributed by atoms with E-state index < -0.39 is 5.09 Å². The van der Waals surface area contributed by atoms with Crippen LogP contribution in [0.25, 0.3) is 0 Å². The zero-order valence-electron chi connectivity index (χ0n) is 12.3. The highest BCUT2D eigenvalue weighted by atomic mass is 16.9. The number of hydrogen-bond donors (Lipinski definition) is 1. The normalized spacial score (nSPS) is 45.8. The molecule has 2 saturated carbocycles. The second-order valence-electron chi connectivity index (χ2n) is 7.87. The molecule has 2 fully saturated rings. The summed E-state index contributed by atoms with van der Waals surface area (Å²) in [6, 6.07) is 0. The Morgan fingerprint density at radius 1 is 1.32 bits per heavy atom. The van der Waals surface area contributed by atoms with Gasteiger partial charge in [-0.25, -0.2) is 0 Å². The number of nitrogens with two attached hydrogens (primary N) is 1. The summed E-state index contributed by atoms with van der Waals surface area (Å²) in [4.78, 5) is 15.2. The molecule has 19 heavy (non-hydrogen) atoms. The molecule has 0 saturated heterocycles. The molecule has 2 N–H and O–H groups in total. The fourth-order valence-electron chi connectivity index (χ4n) is 5.51. The van der Waals surface area contributed by atoms with Gasteiger partial charge in [0.05, 0.1) is 0 Å². The van der Waals surface area contributed by atoms with E-state index in [1.54, 1.807) is 0 Å². The Morgan fingerprint density at radius 3 is 2.58 bits per heavy atom. The zero-order valence-corrected chi connectivity index (χ0v) is 12.3. The molecular weight excluding hydrogens is 244 g/mol. The molecule has 4 atom stereocenters. The van der Waals surface area contributed by atoms with E-state index in [1.807, 2.05) is 0 Å². The topological polar surface area (TPSA) is 78.4 Å². The van der Waals surface area contributed by atoms with Gasteiger partial charge in [0.15, 0.2) is 0 Å². The van der Waals surface area contributed by atoms with Gasteiger partial charge < -0.3 is 10.6 Å². The van der Waals surface area contributed by atoms with E-state index in [9.17, 15) is 10.1 Å². The van der Waals surface area contributed by atoms with Crippen LogP contribution in [0.5, 0.6) is 0 Å². The van der Waals surface area contributed by atoms with Crippen LogP contribution in [0, 0.1) is 32.3 Å². The maximum Gasteiger partial charge on any atom is 0.294 e. The van der Waals surface area contributed by atoms with Crippen LogP contribution in [0.2, 0.25) is 0 Å². The first-order valence-corrected chi connectivity index (χ1v) is 7.17. The molecule has 2 aliphatic rings. The van der Waals surface area contributed by atoms with Crippen LogP contribution in [0.1, 0.15) is 52.9 Å². The first-order valence-electron chi connectivity index (χ1n) is 7.17. The number of fused-ring (bicyclic) bond motifs is 2. The molecule has 0 spiro atoms. The van der Waals surface area contributed by atoms with Crippen LogP contribution in [-0.2, 0) is 4.84 Å². The molecule has 5 heteroatoms.